The van der Waals surface area contributed by atoms with Crippen molar-refractivity contribution in [2.75, 3.05) is 6.54 Å². The molecule has 3 N–H and O–H groups in total. The number of carbonyl (C=O) groups is 1. The van der Waals surface area contributed by atoms with Crippen molar-refractivity contribution in [2.45, 2.75) is 33.1 Å². The summed E-state index contributed by atoms with van der Waals surface area (Å²) in [5.74, 6) is 0.933. The molecule has 1 amide bonds. The Hall–Kier alpha value is -2.48. The predicted molar refractivity (Wildman–Crippen MR) is 107 cm³/mol. The Kier molecular flexibility index (Phi) is 7.08. The van der Waals surface area contributed by atoms with Crippen LogP contribution >= 0.6 is 12.2 Å². The lowest BCUT2D eigenvalue weighted by Gasteiger charge is -2.13. The molecule has 0 aliphatic carbocycles. The Bertz CT molecular complexity index is 847. The fraction of sp³-hybridized carbons (Fsp3) is 0.444. The molecule has 0 saturated carbocycles. The predicted octanol–water partition coefficient (Wildman–Crippen LogP) is 1.41. The Morgan fingerprint density at radius 3 is 2.73 bits per heavy atom. The highest BCUT2D eigenvalue weighted by Gasteiger charge is 2.10. The van der Waals surface area contributed by atoms with E-state index in [9.17, 15) is 9.59 Å². The van der Waals surface area contributed by atoms with E-state index in [-0.39, 0.29) is 17.9 Å². The largest absolute Gasteiger partial charge is 0.361 e. The van der Waals surface area contributed by atoms with Crippen LogP contribution < -0.4 is 21.7 Å². The molecule has 0 bridgehead atoms. The van der Waals surface area contributed by atoms with Gasteiger partial charge in [-0.1, -0.05) is 26.0 Å². The number of hydrogen-bond acceptors (Lipinski definition) is 4. The van der Waals surface area contributed by atoms with Crippen LogP contribution in [0.15, 0.2) is 29.1 Å². The van der Waals surface area contributed by atoms with Gasteiger partial charge < -0.3 is 5.32 Å². The van der Waals surface area contributed by atoms with Crippen molar-refractivity contribution in [3.05, 3.63) is 40.4 Å². The number of hydrogen-bond donors (Lipinski definition) is 3. The number of rotatable bonds is 6. The van der Waals surface area contributed by atoms with E-state index in [0.717, 1.165) is 13.0 Å². The first-order chi connectivity index (χ1) is 12.4. The van der Waals surface area contributed by atoms with Crippen LogP contribution in [0.3, 0.4) is 0 Å². The topological polar surface area (TPSA) is 88.1 Å². The summed E-state index contributed by atoms with van der Waals surface area (Å²) in [6.07, 6.45) is 1.55. The van der Waals surface area contributed by atoms with Gasteiger partial charge in [-0.05, 0) is 36.7 Å². The maximum atomic E-state index is 12.3. The monoisotopic (exact) mass is 375 g/mol. The maximum Gasteiger partial charge on any atom is 0.261 e. The van der Waals surface area contributed by atoms with Gasteiger partial charge in [0.1, 0.15) is 5.82 Å². The van der Waals surface area contributed by atoms with Crippen molar-refractivity contribution >= 4 is 34.1 Å². The van der Waals surface area contributed by atoms with Crippen molar-refractivity contribution < 1.29 is 4.79 Å². The number of aryl methyl sites for hydroxylation is 1. The Balaban J connectivity index is 1.86. The van der Waals surface area contributed by atoms with Gasteiger partial charge in [-0.25, -0.2) is 4.98 Å². The van der Waals surface area contributed by atoms with Gasteiger partial charge in [-0.15, -0.1) is 0 Å². The van der Waals surface area contributed by atoms with E-state index in [1.54, 1.807) is 19.2 Å². The fourth-order valence-corrected chi connectivity index (χ4v) is 2.57. The van der Waals surface area contributed by atoms with E-state index in [2.05, 4.69) is 35.0 Å². The highest BCUT2D eigenvalue weighted by molar-refractivity contribution is 7.80. The van der Waals surface area contributed by atoms with Gasteiger partial charge in [0.15, 0.2) is 5.11 Å². The lowest BCUT2D eigenvalue weighted by molar-refractivity contribution is -0.121. The second-order valence-electron chi connectivity index (χ2n) is 6.52. The number of carbonyl (C=O) groups excluding carboxylic acids is 1. The third-order valence-corrected chi connectivity index (χ3v) is 4.22. The number of thiocarbonyl (C=S) groups is 1. The third-order valence-electron chi connectivity index (χ3n) is 3.97. The fourth-order valence-electron chi connectivity index (χ4n) is 2.42. The number of aromatic nitrogens is 2. The second kappa shape index (κ2) is 9.28. The molecule has 0 fully saturated rings. The molecule has 140 valence electrons. The zero-order chi connectivity index (χ0) is 19.1. The lowest BCUT2D eigenvalue weighted by atomic mass is 10.1. The van der Waals surface area contributed by atoms with Crippen molar-refractivity contribution in [2.24, 2.45) is 13.0 Å². The number of nitrogens with one attached hydrogen (secondary N) is 3. The number of hydrazine groups is 1. The zero-order valence-corrected chi connectivity index (χ0v) is 16.2. The van der Waals surface area contributed by atoms with Gasteiger partial charge in [0.25, 0.3) is 5.56 Å². The number of amides is 1. The minimum atomic E-state index is -0.222. The van der Waals surface area contributed by atoms with Crippen LogP contribution in [0.1, 0.15) is 32.5 Å². The van der Waals surface area contributed by atoms with Gasteiger partial charge >= 0.3 is 0 Å². The maximum absolute atomic E-state index is 12.3. The Labute approximate surface area is 158 Å². The summed E-state index contributed by atoms with van der Waals surface area (Å²) in [7, 11) is 1.67. The molecular weight excluding hydrogens is 350 g/mol. The minimum Gasteiger partial charge on any atom is -0.361 e. The molecule has 1 aromatic carbocycles. The molecule has 0 saturated heterocycles. The van der Waals surface area contributed by atoms with E-state index >= 15 is 0 Å². The standard InChI is InChI=1S/C18H25N5O2S/c1-12(2)10-11-19-18(26)22-21-16(24)9-8-15-20-14-7-5-4-6-13(14)17(25)23(15)3/h4-7,12H,8-11H2,1-3H3,(H,21,24)(H2,19,22,26). The molecule has 26 heavy (non-hydrogen) atoms. The summed E-state index contributed by atoms with van der Waals surface area (Å²) in [6.45, 7) is 5.02. The number of fused-ring (bicyclic) bond motifs is 1. The molecule has 7 nitrogen and oxygen atoms in total. The van der Waals surface area contributed by atoms with E-state index < -0.39 is 0 Å². The molecule has 0 unspecified atom stereocenters. The van der Waals surface area contributed by atoms with Crippen LogP contribution in [0.2, 0.25) is 0 Å². The molecule has 8 heteroatoms. The van der Waals surface area contributed by atoms with Crippen LogP contribution in [0.4, 0.5) is 0 Å². The molecule has 0 radical (unpaired) electrons. The average Bonchev–Trinajstić information content (AvgIpc) is 2.61. The van der Waals surface area contributed by atoms with Crippen LogP contribution in [0.5, 0.6) is 0 Å². The van der Waals surface area contributed by atoms with E-state index in [1.807, 2.05) is 12.1 Å². The highest BCUT2D eigenvalue weighted by atomic mass is 32.1. The molecule has 0 atom stereocenters. The van der Waals surface area contributed by atoms with Gasteiger partial charge in [0.2, 0.25) is 5.91 Å². The third kappa shape index (κ3) is 5.52. The number of nitrogens with zero attached hydrogens (tertiary/aromatic N) is 2. The van der Waals surface area contributed by atoms with Gasteiger partial charge in [-0.2, -0.15) is 0 Å². The number of para-hydroxylation sites is 1. The van der Waals surface area contributed by atoms with Crippen molar-refractivity contribution in [3.63, 3.8) is 0 Å². The summed E-state index contributed by atoms with van der Waals surface area (Å²) in [6, 6.07) is 7.19. The van der Waals surface area contributed by atoms with Gasteiger partial charge in [0.05, 0.1) is 10.9 Å². The average molecular weight is 375 g/mol. The molecule has 1 aromatic heterocycles. The molecule has 2 aromatic rings. The summed E-state index contributed by atoms with van der Waals surface area (Å²) in [5, 5.41) is 3.98. The minimum absolute atomic E-state index is 0.111. The van der Waals surface area contributed by atoms with Crippen LogP contribution in [-0.4, -0.2) is 27.1 Å². The molecule has 1 heterocycles. The Morgan fingerprint density at radius 1 is 1.27 bits per heavy atom. The molecular formula is C18H25N5O2S. The second-order valence-corrected chi connectivity index (χ2v) is 6.93. The smallest absolute Gasteiger partial charge is 0.261 e. The van der Waals surface area contributed by atoms with E-state index in [1.165, 1.54) is 4.57 Å². The summed E-state index contributed by atoms with van der Waals surface area (Å²) < 4.78 is 1.49. The molecule has 0 aliphatic rings. The van der Waals surface area contributed by atoms with Crippen molar-refractivity contribution in [3.8, 4) is 0 Å². The molecule has 0 aliphatic heterocycles. The van der Waals surface area contributed by atoms with Crippen LogP contribution in [0, 0.1) is 5.92 Å². The van der Waals surface area contributed by atoms with E-state index in [0.29, 0.717) is 34.2 Å². The highest BCUT2D eigenvalue weighted by Crippen LogP contribution is 2.08. The van der Waals surface area contributed by atoms with Gasteiger partial charge in [0, 0.05) is 26.4 Å². The normalized spacial score (nSPS) is 10.8. The first-order valence-corrected chi connectivity index (χ1v) is 9.06. The van der Waals surface area contributed by atoms with Crippen molar-refractivity contribution in [1.29, 1.82) is 0 Å². The lowest BCUT2D eigenvalue weighted by Crippen LogP contribution is -2.47. The van der Waals surface area contributed by atoms with Crippen LogP contribution in [-0.2, 0) is 18.3 Å². The van der Waals surface area contributed by atoms with Gasteiger partial charge in [-0.3, -0.25) is 25.0 Å². The van der Waals surface area contributed by atoms with Crippen molar-refractivity contribution in [1.82, 2.24) is 25.7 Å². The first-order valence-electron chi connectivity index (χ1n) is 8.65. The van der Waals surface area contributed by atoms with E-state index in [4.69, 9.17) is 12.2 Å². The molecule has 0 spiro atoms. The Morgan fingerprint density at radius 2 is 2.00 bits per heavy atom. The first kappa shape index (κ1) is 19.8. The SMILES string of the molecule is CC(C)CCNC(=S)NNC(=O)CCc1nc2ccccc2c(=O)n1C. The summed E-state index contributed by atoms with van der Waals surface area (Å²) >= 11 is 5.10. The summed E-state index contributed by atoms with van der Waals surface area (Å²) in [5.41, 5.74) is 5.76. The van der Waals surface area contributed by atoms with Crippen LogP contribution in [0.25, 0.3) is 10.9 Å². The molecule has 2 rings (SSSR count). The number of benzene rings is 1. The zero-order valence-electron chi connectivity index (χ0n) is 15.3. The summed E-state index contributed by atoms with van der Waals surface area (Å²) in [4.78, 5) is 28.8. The quantitative estimate of drug-likeness (QED) is 0.523.